The van der Waals surface area contributed by atoms with E-state index in [4.69, 9.17) is 10.00 Å². The van der Waals surface area contributed by atoms with E-state index in [-0.39, 0.29) is 0 Å². The fourth-order valence-corrected chi connectivity index (χ4v) is 1.46. The van der Waals surface area contributed by atoms with Crippen LogP contribution in [0.25, 0.3) is 5.69 Å². The number of rotatable bonds is 4. The Kier molecular flexibility index (Phi) is 3.72. The van der Waals surface area contributed by atoms with Crippen molar-refractivity contribution in [3.8, 4) is 11.8 Å². The molecule has 2 aromatic rings. The van der Waals surface area contributed by atoms with Crippen molar-refractivity contribution in [2.45, 2.75) is 6.92 Å². The summed E-state index contributed by atoms with van der Waals surface area (Å²) in [6.45, 7) is 2.40. The van der Waals surface area contributed by atoms with Crippen molar-refractivity contribution in [2.24, 2.45) is 4.99 Å². The number of benzene rings is 1. The van der Waals surface area contributed by atoms with Gasteiger partial charge in [-0.1, -0.05) is 18.2 Å². The Hall–Kier alpha value is -2.61. The summed E-state index contributed by atoms with van der Waals surface area (Å²) in [6, 6.07) is 11.6. The Balaban J connectivity index is 2.43. The summed E-state index contributed by atoms with van der Waals surface area (Å²) in [4.78, 5) is 4.13. The van der Waals surface area contributed by atoms with Gasteiger partial charge >= 0.3 is 0 Å². The highest BCUT2D eigenvalue weighted by Crippen LogP contribution is 2.21. The largest absolute Gasteiger partial charge is 0.483 e. The number of nitriles is 1. The molecule has 0 aliphatic carbocycles. The first-order valence-corrected chi connectivity index (χ1v) is 5.54. The van der Waals surface area contributed by atoms with E-state index >= 15 is 0 Å². The van der Waals surface area contributed by atoms with E-state index in [1.54, 1.807) is 4.68 Å². The van der Waals surface area contributed by atoms with E-state index in [0.717, 1.165) is 5.69 Å². The van der Waals surface area contributed by atoms with Gasteiger partial charge in [-0.05, 0) is 19.1 Å². The van der Waals surface area contributed by atoms with Crippen molar-refractivity contribution >= 4 is 12.2 Å². The number of para-hydroxylation sites is 1. The van der Waals surface area contributed by atoms with Gasteiger partial charge < -0.3 is 4.74 Å². The molecule has 0 fully saturated rings. The molecule has 0 aliphatic rings. The highest BCUT2D eigenvalue weighted by Gasteiger charge is 2.10. The zero-order valence-electron chi connectivity index (χ0n) is 9.95. The summed E-state index contributed by atoms with van der Waals surface area (Å²) >= 11 is 0. The predicted octanol–water partition coefficient (Wildman–Crippen LogP) is 2.44. The third-order valence-corrected chi connectivity index (χ3v) is 2.28. The fourth-order valence-electron chi connectivity index (χ4n) is 1.46. The van der Waals surface area contributed by atoms with Crippen LogP contribution in [0.5, 0.6) is 0 Å². The summed E-state index contributed by atoms with van der Waals surface area (Å²) in [5.41, 5.74) is 1.26. The van der Waals surface area contributed by atoms with Gasteiger partial charge in [-0.3, -0.25) is 0 Å². The van der Waals surface area contributed by atoms with Crippen molar-refractivity contribution in [1.82, 2.24) is 9.78 Å². The molecule has 5 heteroatoms. The minimum atomic E-state index is 0.412. The average Bonchev–Trinajstić information content (AvgIpc) is 2.83. The molecule has 0 radical (unpaired) electrons. The van der Waals surface area contributed by atoms with Crippen LogP contribution in [0.2, 0.25) is 0 Å². The molecular weight excluding hydrogens is 228 g/mol. The number of ether oxygens (including phenoxy) is 1. The average molecular weight is 240 g/mol. The molecule has 5 nitrogen and oxygen atoms in total. The first kappa shape index (κ1) is 11.9. The van der Waals surface area contributed by atoms with E-state index in [1.807, 2.05) is 37.3 Å². The van der Waals surface area contributed by atoms with Gasteiger partial charge in [0.1, 0.15) is 11.6 Å². The Bertz CT molecular complexity index is 581. The van der Waals surface area contributed by atoms with Gasteiger partial charge in [-0.15, -0.1) is 0 Å². The monoisotopic (exact) mass is 240 g/mol. The summed E-state index contributed by atoms with van der Waals surface area (Å²) in [5, 5.41) is 13.2. The van der Waals surface area contributed by atoms with Crippen LogP contribution < -0.4 is 0 Å². The molecule has 1 aromatic carbocycles. The maximum Gasteiger partial charge on any atom is 0.176 e. The topological polar surface area (TPSA) is 63.2 Å². The molecule has 2 rings (SSSR count). The van der Waals surface area contributed by atoms with Crippen LogP contribution in [0.15, 0.2) is 41.5 Å². The van der Waals surface area contributed by atoms with Crippen LogP contribution >= 0.6 is 0 Å². The van der Waals surface area contributed by atoms with Crippen molar-refractivity contribution < 1.29 is 4.74 Å². The highest BCUT2D eigenvalue weighted by molar-refractivity contribution is 5.60. The predicted molar refractivity (Wildman–Crippen MR) is 68.1 cm³/mol. The molecule has 0 saturated heterocycles. The number of nitrogens with zero attached hydrogens (tertiary/aromatic N) is 4. The van der Waals surface area contributed by atoms with Gasteiger partial charge in [-0.2, -0.15) is 15.4 Å². The second kappa shape index (κ2) is 5.64. The normalized spacial score (nSPS) is 10.4. The maximum atomic E-state index is 9.02. The van der Waals surface area contributed by atoms with Crippen LogP contribution in [-0.2, 0) is 4.74 Å². The molecule has 0 bridgehead atoms. The molecule has 0 atom stereocenters. The highest BCUT2D eigenvalue weighted by atomic mass is 16.5. The Morgan fingerprint density at radius 3 is 2.89 bits per heavy atom. The molecule has 1 heterocycles. The van der Waals surface area contributed by atoms with Crippen LogP contribution in [-0.4, -0.2) is 22.8 Å². The van der Waals surface area contributed by atoms with E-state index in [2.05, 4.69) is 16.2 Å². The molecule has 0 N–H and O–H groups in total. The Labute approximate surface area is 105 Å². The van der Waals surface area contributed by atoms with E-state index in [1.165, 1.54) is 12.6 Å². The van der Waals surface area contributed by atoms with Crippen molar-refractivity contribution in [1.29, 1.82) is 5.26 Å². The second-order valence-corrected chi connectivity index (χ2v) is 3.43. The number of aromatic nitrogens is 2. The van der Waals surface area contributed by atoms with Gasteiger partial charge in [0.15, 0.2) is 12.2 Å². The lowest BCUT2D eigenvalue weighted by Gasteiger charge is -2.03. The third kappa shape index (κ3) is 2.38. The van der Waals surface area contributed by atoms with Gasteiger partial charge in [0, 0.05) is 0 Å². The van der Waals surface area contributed by atoms with Gasteiger partial charge in [-0.25, -0.2) is 4.68 Å². The number of hydrogen-bond acceptors (Lipinski definition) is 4. The van der Waals surface area contributed by atoms with Gasteiger partial charge in [0.25, 0.3) is 0 Å². The third-order valence-electron chi connectivity index (χ3n) is 2.28. The number of aliphatic imine (C=N–C) groups is 1. The van der Waals surface area contributed by atoms with Gasteiger partial charge in [0.05, 0.1) is 18.5 Å². The lowest BCUT2D eigenvalue weighted by molar-refractivity contribution is 0.343. The number of hydrogen-bond donors (Lipinski definition) is 0. The van der Waals surface area contributed by atoms with Crippen LogP contribution in [0.1, 0.15) is 12.5 Å². The van der Waals surface area contributed by atoms with Gasteiger partial charge in [0.2, 0.25) is 0 Å². The summed E-state index contributed by atoms with van der Waals surface area (Å²) in [6.07, 6.45) is 2.82. The summed E-state index contributed by atoms with van der Waals surface area (Å²) in [5.74, 6) is 0.470. The molecule has 0 saturated carbocycles. The summed E-state index contributed by atoms with van der Waals surface area (Å²) in [7, 11) is 0. The molecule has 0 spiro atoms. The lowest BCUT2D eigenvalue weighted by Crippen LogP contribution is -1.96. The molecule has 1 aromatic heterocycles. The van der Waals surface area contributed by atoms with Crippen LogP contribution in [0, 0.1) is 11.3 Å². The van der Waals surface area contributed by atoms with Crippen molar-refractivity contribution in [3.63, 3.8) is 0 Å². The Morgan fingerprint density at radius 1 is 1.44 bits per heavy atom. The quantitative estimate of drug-likeness (QED) is 0.609. The van der Waals surface area contributed by atoms with E-state index in [9.17, 15) is 0 Å². The molecule has 18 heavy (non-hydrogen) atoms. The van der Waals surface area contributed by atoms with Crippen molar-refractivity contribution in [2.75, 3.05) is 6.61 Å². The lowest BCUT2D eigenvalue weighted by atomic mass is 10.3. The fraction of sp³-hybridized carbons (Fsp3) is 0.154. The van der Waals surface area contributed by atoms with Crippen LogP contribution in [0.4, 0.5) is 5.82 Å². The standard InChI is InChI=1S/C13H12N4O/c1-2-18-10-15-13-11(8-14)9-16-17(13)12-6-4-3-5-7-12/h3-7,9-10H,2H2,1H3. The first-order valence-electron chi connectivity index (χ1n) is 5.54. The Morgan fingerprint density at radius 2 is 2.22 bits per heavy atom. The zero-order valence-corrected chi connectivity index (χ0v) is 9.95. The maximum absolute atomic E-state index is 9.02. The van der Waals surface area contributed by atoms with Crippen molar-refractivity contribution in [3.05, 3.63) is 42.1 Å². The molecule has 90 valence electrons. The smallest absolute Gasteiger partial charge is 0.176 e. The second-order valence-electron chi connectivity index (χ2n) is 3.43. The molecule has 0 aliphatic heterocycles. The van der Waals surface area contributed by atoms with E-state index in [0.29, 0.717) is 18.0 Å². The minimum Gasteiger partial charge on any atom is -0.483 e. The van der Waals surface area contributed by atoms with Crippen LogP contribution in [0.3, 0.4) is 0 Å². The molecular formula is C13H12N4O. The molecule has 0 amide bonds. The summed E-state index contributed by atoms with van der Waals surface area (Å²) < 4.78 is 6.66. The molecule has 0 unspecified atom stereocenters. The zero-order chi connectivity index (χ0) is 12.8. The SMILES string of the molecule is CCOC=Nc1c(C#N)cnn1-c1ccccc1. The minimum absolute atomic E-state index is 0.412. The first-order chi connectivity index (χ1) is 8.86. The van der Waals surface area contributed by atoms with E-state index < -0.39 is 0 Å².